The van der Waals surface area contributed by atoms with E-state index in [2.05, 4.69) is 22.3 Å². The average molecular weight is 317 g/mol. The molecule has 2 aromatic heterocycles. The minimum absolute atomic E-state index is 0.0153. The van der Waals surface area contributed by atoms with Crippen molar-refractivity contribution in [3.05, 3.63) is 36.2 Å². The van der Waals surface area contributed by atoms with Crippen LogP contribution in [0.3, 0.4) is 0 Å². The number of aryl methyl sites for hydroxylation is 2. The minimum atomic E-state index is -0.273. The van der Waals surface area contributed by atoms with Crippen LogP contribution in [0.4, 0.5) is 0 Å². The molecular formula is C16H23N5O2. The van der Waals surface area contributed by atoms with Gasteiger partial charge in [-0.05, 0) is 25.8 Å². The molecule has 1 saturated heterocycles. The van der Waals surface area contributed by atoms with Crippen molar-refractivity contribution >= 4 is 5.91 Å². The smallest absolute Gasteiger partial charge is 0.226 e. The normalized spacial score (nSPS) is 21.3. The minimum Gasteiger partial charge on any atom is -0.369 e. The molecule has 1 N–H and O–H groups in total. The summed E-state index contributed by atoms with van der Waals surface area (Å²) >= 11 is 0. The molecule has 7 nitrogen and oxygen atoms in total. The van der Waals surface area contributed by atoms with Gasteiger partial charge in [-0.25, -0.2) is 4.98 Å². The van der Waals surface area contributed by atoms with Gasteiger partial charge in [0.15, 0.2) is 0 Å². The number of aromatic nitrogens is 4. The highest BCUT2D eigenvalue weighted by Gasteiger charge is 2.35. The van der Waals surface area contributed by atoms with Crippen LogP contribution in [0, 0.1) is 5.92 Å². The Morgan fingerprint density at radius 3 is 3.09 bits per heavy atom. The molecule has 0 radical (unpaired) electrons. The molecule has 0 bridgehead atoms. The second kappa shape index (κ2) is 6.95. The van der Waals surface area contributed by atoms with Crippen LogP contribution < -0.4 is 5.32 Å². The number of imidazole rings is 1. The van der Waals surface area contributed by atoms with Gasteiger partial charge in [0.2, 0.25) is 5.91 Å². The Hall–Kier alpha value is -2.15. The molecule has 7 heteroatoms. The molecule has 0 spiro atoms. The van der Waals surface area contributed by atoms with Gasteiger partial charge in [-0.3, -0.25) is 9.48 Å². The number of hydrogen-bond donors (Lipinski definition) is 1. The summed E-state index contributed by atoms with van der Waals surface area (Å²) in [7, 11) is 1.87. The summed E-state index contributed by atoms with van der Waals surface area (Å²) in [6.45, 7) is 4.03. The van der Waals surface area contributed by atoms with E-state index in [1.807, 2.05) is 23.9 Å². The first-order valence-electron chi connectivity index (χ1n) is 8.08. The molecule has 2 atom stereocenters. The summed E-state index contributed by atoms with van der Waals surface area (Å²) in [4.78, 5) is 17.1. The summed E-state index contributed by atoms with van der Waals surface area (Å²) < 4.78 is 9.70. The van der Waals surface area contributed by atoms with E-state index in [1.165, 1.54) is 0 Å². The van der Waals surface area contributed by atoms with Gasteiger partial charge >= 0.3 is 0 Å². The first-order valence-corrected chi connectivity index (χ1v) is 8.08. The van der Waals surface area contributed by atoms with Gasteiger partial charge in [0.25, 0.3) is 0 Å². The number of carbonyl (C=O) groups is 1. The molecule has 3 rings (SSSR count). The molecule has 3 heterocycles. The zero-order chi connectivity index (χ0) is 16.2. The SMILES string of the molecule is CCn1ccnc1[C@@H]1OCCC[C@H]1C(=O)NCc1ccnn1C. The van der Waals surface area contributed by atoms with Gasteiger partial charge in [0, 0.05) is 38.8 Å². The van der Waals surface area contributed by atoms with E-state index < -0.39 is 0 Å². The lowest BCUT2D eigenvalue weighted by molar-refractivity contribution is -0.135. The van der Waals surface area contributed by atoms with Crippen molar-refractivity contribution in [3.8, 4) is 0 Å². The third-order valence-electron chi connectivity index (χ3n) is 4.37. The number of rotatable bonds is 5. The van der Waals surface area contributed by atoms with Crippen LogP contribution in [0.25, 0.3) is 0 Å². The second-order valence-electron chi connectivity index (χ2n) is 5.78. The molecule has 1 fully saturated rings. The number of carbonyl (C=O) groups excluding carboxylic acids is 1. The molecule has 0 aromatic carbocycles. The highest BCUT2D eigenvalue weighted by atomic mass is 16.5. The lowest BCUT2D eigenvalue weighted by Crippen LogP contribution is -2.38. The lowest BCUT2D eigenvalue weighted by Gasteiger charge is -2.30. The van der Waals surface area contributed by atoms with Crippen LogP contribution >= 0.6 is 0 Å². The van der Waals surface area contributed by atoms with Crippen molar-refractivity contribution < 1.29 is 9.53 Å². The van der Waals surface area contributed by atoms with E-state index in [9.17, 15) is 4.79 Å². The van der Waals surface area contributed by atoms with Crippen LogP contribution in [-0.2, 0) is 29.7 Å². The molecule has 0 saturated carbocycles. The molecule has 0 unspecified atom stereocenters. The van der Waals surface area contributed by atoms with Gasteiger partial charge in [-0.1, -0.05) is 0 Å². The zero-order valence-corrected chi connectivity index (χ0v) is 13.6. The molecular weight excluding hydrogens is 294 g/mol. The maximum atomic E-state index is 12.7. The maximum absolute atomic E-state index is 12.7. The highest BCUT2D eigenvalue weighted by molar-refractivity contribution is 5.79. The van der Waals surface area contributed by atoms with E-state index in [1.54, 1.807) is 17.1 Å². The van der Waals surface area contributed by atoms with E-state index in [0.717, 1.165) is 30.9 Å². The molecule has 1 aliphatic rings. The lowest BCUT2D eigenvalue weighted by atomic mass is 9.92. The largest absolute Gasteiger partial charge is 0.369 e. The van der Waals surface area contributed by atoms with Crippen LogP contribution in [0.1, 0.15) is 37.4 Å². The van der Waals surface area contributed by atoms with Gasteiger partial charge in [-0.2, -0.15) is 5.10 Å². The Balaban J connectivity index is 1.70. The third kappa shape index (κ3) is 3.29. The van der Waals surface area contributed by atoms with Crippen molar-refractivity contribution in [1.82, 2.24) is 24.6 Å². The van der Waals surface area contributed by atoms with Crippen molar-refractivity contribution in [2.24, 2.45) is 13.0 Å². The number of nitrogens with one attached hydrogen (secondary N) is 1. The Morgan fingerprint density at radius 2 is 2.35 bits per heavy atom. The number of nitrogens with zero attached hydrogens (tertiary/aromatic N) is 4. The van der Waals surface area contributed by atoms with E-state index in [4.69, 9.17) is 4.74 Å². The van der Waals surface area contributed by atoms with Crippen LogP contribution in [0.15, 0.2) is 24.7 Å². The fraction of sp³-hybridized carbons (Fsp3) is 0.562. The van der Waals surface area contributed by atoms with Gasteiger partial charge < -0.3 is 14.6 Å². The third-order valence-corrected chi connectivity index (χ3v) is 4.37. The van der Waals surface area contributed by atoms with E-state index in [0.29, 0.717) is 13.2 Å². The van der Waals surface area contributed by atoms with Crippen molar-refractivity contribution in [2.45, 2.75) is 39.0 Å². The van der Waals surface area contributed by atoms with Gasteiger partial charge in [0.1, 0.15) is 11.9 Å². The first-order chi connectivity index (χ1) is 11.2. The number of ether oxygens (including phenoxy) is 1. The number of amides is 1. The Kier molecular flexibility index (Phi) is 4.76. The second-order valence-corrected chi connectivity index (χ2v) is 5.78. The monoisotopic (exact) mass is 317 g/mol. The summed E-state index contributed by atoms with van der Waals surface area (Å²) in [5.74, 6) is 0.652. The zero-order valence-electron chi connectivity index (χ0n) is 13.6. The number of hydrogen-bond acceptors (Lipinski definition) is 4. The first kappa shape index (κ1) is 15.7. The summed E-state index contributed by atoms with van der Waals surface area (Å²) in [5.41, 5.74) is 0.974. The summed E-state index contributed by atoms with van der Waals surface area (Å²) in [5, 5.41) is 7.12. The molecule has 0 aliphatic carbocycles. The van der Waals surface area contributed by atoms with Gasteiger partial charge in [0.05, 0.1) is 18.2 Å². The fourth-order valence-corrected chi connectivity index (χ4v) is 3.03. The van der Waals surface area contributed by atoms with Crippen molar-refractivity contribution in [3.63, 3.8) is 0 Å². The van der Waals surface area contributed by atoms with Gasteiger partial charge in [-0.15, -0.1) is 0 Å². The van der Waals surface area contributed by atoms with Crippen LogP contribution in [0.2, 0.25) is 0 Å². The topological polar surface area (TPSA) is 74.0 Å². The van der Waals surface area contributed by atoms with Crippen LogP contribution in [0.5, 0.6) is 0 Å². The predicted octanol–water partition coefficient (Wildman–Crippen LogP) is 1.42. The van der Waals surface area contributed by atoms with Crippen molar-refractivity contribution in [1.29, 1.82) is 0 Å². The molecule has 1 amide bonds. The molecule has 2 aromatic rings. The van der Waals surface area contributed by atoms with Crippen LogP contribution in [-0.4, -0.2) is 31.8 Å². The maximum Gasteiger partial charge on any atom is 0.226 e. The molecule has 23 heavy (non-hydrogen) atoms. The highest BCUT2D eigenvalue weighted by Crippen LogP contribution is 2.33. The quantitative estimate of drug-likeness (QED) is 0.905. The molecule has 124 valence electrons. The fourth-order valence-electron chi connectivity index (χ4n) is 3.03. The van der Waals surface area contributed by atoms with Crippen molar-refractivity contribution in [2.75, 3.05) is 6.61 Å². The Morgan fingerprint density at radius 1 is 1.48 bits per heavy atom. The molecule has 1 aliphatic heterocycles. The summed E-state index contributed by atoms with van der Waals surface area (Å²) in [6, 6.07) is 1.90. The Bertz CT molecular complexity index is 663. The van der Waals surface area contributed by atoms with E-state index >= 15 is 0 Å². The standard InChI is InChI=1S/C16H23N5O2/c1-3-21-9-8-17-15(21)14-13(5-4-10-23-14)16(22)18-11-12-6-7-19-20(12)2/h6-9,13-14H,3-5,10-11H2,1-2H3,(H,18,22)/t13-,14-/m1/s1. The summed E-state index contributed by atoms with van der Waals surface area (Å²) in [6.07, 6.45) is 6.86. The van der Waals surface area contributed by atoms with E-state index in [-0.39, 0.29) is 17.9 Å². The average Bonchev–Trinajstić information content (AvgIpc) is 3.21. The predicted molar refractivity (Wildman–Crippen MR) is 84.4 cm³/mol. The Labute approximate surface area is 135 Å².